The van der Waals surface area contributed by atoms with Gasteiger partial charge in [0.15, 0.2) is 6.79 Å². The summed E-state index contributed by atoms with van der Waals surface area (Å²) < 4.78 is 31.4. The summed E-state index contributed by atoms with van der Waals surface area (Å²) in [5, 5.41) is 11.5. The van der Waals surface area contributed by atoms with Crippen molar-refractivity contribution in [3.8, 4) is 0 Å². The van der Waals surface area contributed by atoms with Crippen LogP contribution in [0.25, 0.3) is 0 Å². The van der Waals surface area contributed by atoms with Gasteiger partial charge in [-0.05, 0) is 19.4 Å². The number of nitrogens with one attached hydrogen (secondary N) is 5. The van der Waals surface area contributed by atoms with Crippen molar-refractivity contribution in [3.63, 3.8) is 0 Å². The van der Waals surface area contributed by atoms with Gasteiger partial charge in [-0.2, -0.15) is 0 Å². The first-order valence-electron chi connectivity index (χ1n) is 12.2. The highest BCUT2D eigenvalue weighted by molar-refractivity contribution is 5.67. The lowest BCUT2D eigenvalue weighted by atomic mass is 10.2. The second kappa shape index (κ2) is 34.5. The zero-order chi connectivity index (χ0) is 33.2. The molecular weight excluding hydrogens is 562 g/mol. The van der Waals surface area contributed by atoms with Crippen LogP contribution in [-0.4, -0.2) is 107 Å². The fraction of sp³-hybridized carbons (Fsp3) is 0.560. The first-order valence-corrected chi connectivity index (χ1v) is 12.2. The van der Waals surface area contributed by atoms with Crippen LogP contribution >= 0.6 is 0 Å². The van der Waals surface area contributed by atoms with E-state index in [1.807, 2.05) is 30.3 Å². The Balaban J connectivity index is -0.000000220. The highest BCUT2D eigenvalue weighted by Gasteiger charge is 2.03. The van der Waals surface area contributed by atoms with E-state index in [1.165, 1.54) is 56.6 Å². The molecule has 0 fully saturated rings. The molecule has 0 saturated heterocycles. The quantitative estimate of drug-likeness (QED) is 0.222. The normalized spacial score (nSPS) is 9.10. The molecule has 0 saturated carbocycles. The number of carbonyl (C=O) groups is 5. The number of rotatable bonds is 7. The van der Waals surface area contributed by atoms with Crippen LogP contribution in [0.3, 0.4) is 0 Å². The molecule has 1 aromatic carbocycles. The minimum atomic E-state index is -0.482. The van der Waals surface area contributed by atoms with Gasteiger partial charge in [0, 0.05) is 49.5 Å². The number of hydrogen-bond donors (Lipinski definition) is 5. The Kier molecular flexibility index (Phi) is 36.6. The molecule has 42 heavy (non-hydrogen) atoms. The fourth-order valence-corrected chi connectivity index (χ4v) is 1.54. The second-order valence-electron chi connectivity index (χ2n) is 6.57. The molecule has 244 valence electrons. The van der Waals surface area contributed by atoms with E-state index in [0.29, 0.717) is 13.2 Å². The minimum absolute atomic E-state index is 0.000324. The Morgan fingerprint density at radius 3 is 1.45 bits per heavy atom. The van der Waals surface area contributed by atoms with Gasteiger partial charge >= 0.3 is 30.5 Å². The van der Waals surface area contributed by atoms with Crippen molar-refractivity contribution in [2.24, 2.45) is 0 Å². The summed E-state index contributed by atoms with van der Waals surface area (Å²) in [6, 6.07) is 9.54. The van der Waals surface area contributed by atoms with Gasteiger partial charge in [0.2, 0.25) is 6.29 Å². The molecular formula is C25H47N5O12. The Bertz CT molecular complexity index is 810. The summed E-state index contributed by atoms with van der Waals surface area (Å²) in [6.45, 7) is 4.14. The summed E-state index contributed by atoms with van der Waals surface area (Å²) in [7, 11) is 11.8. The van der Waals surface area contributed by atoms with Gasteiger partial charge in [-0.3, -0.25) is 0 Å². The summed E-state index contributed by atoms with van der Waals surface area (Å²) in [4.78, 5) is 51.1. The number of alkyl carbamates (subject to hydrolysis) is 5. The zero-order valence-corrected chi connectivity index (χ0v) is 26.0. The van der Waals surface area contributed by atoms with Crippen LogP contribution in [0.15, 0.2) is 30.3 Å². The average Bonchev–Trinajstić information content (AvgIpc) is 3.03. The van der Waals surface area contributed by atoms with Crippen molar-refractivity contribution >= 4 is 30.5 Å². The third-order valence-corrected chi connectivity index (χ3v) is 3.61. The van der Waals surface area contributed by atoms with Crippen molar-refractivity contribution in [2.75, 3.05) is 70.0 Å². The first kappa shape index (κ1) is 44.5. The van der Waals surface area contributed by atoms with Crippen molar-refractivity contribution in [2.45, 2.75) is 26.7 Å². The Labute approximate surface area is 247 Å². The molecule has 0 heterocycles. The monoisotopic (exact) mass is 609 g/mol. The van der Waals surface area contributed by atoms with Crippen molar-refractivity contribution < 1.29 is 57.1 Å². The largest absolute Gasteiger partial charge is 0.453 e. The zero-order valence-electron chi connectivity index (χ0n) is 26.0. The van der Waals surface area contributed by atoms with Crippen LogP contribution < -0.4 is 26.6 Å². The maximum atomic E-state index is 10.7. The lowest BCUT2D eigenvalue weighted by molar-refractivity contribution is -0.0669. The van der Waals surface area contributed by atoms with Crippen LogP contribution in [-0.2, 0) is 39.8 Å². The number of hydrogen-bond acceptors (Lipinski definition) is 12. The predicted molar refractivity (Wildman–Crippen MR) is 153 cm³/mol. The highest BCUT2D eigenvalue weighted by atomic mass is 16.7. The van der Waals surface area contributed by atoms with E-state index >= 15 is 0 Å². The molecule has 5 amide bonds. The van der Waals surface area contributed by atoms with Gasteiger partial charge in [0.1, 0.15) is 6.61 Å². The number of benzene rings is 1. The van der Waals surface area contributed by atoms with Crippen LogP contribution in [0.4, 0.5) is 24.0 Å². The summed E-state index contributed by atoms with van der Waals surface area (Å²) in [6.07, 6.45) is -2.63. The van der Waals surface area contributed by atoms with Gasteiger partial charge in [0.05, 0.1) is 13.7 Å². The molecule has 1 unspecified atom stereocenters. The first-order chi connectivity index (χ1) is 20.0. The lowest BCUT2D eigenvalue weighted by Gasteiger charge is -2.09. The van der Waals surface area contributed by atoms with Gasteiger partial charge in [-0.25, -0.2) is 24.0 Å². The van der Waals surface area contributed by atoms with Crippen molar-refractivity contribution in [1.82, 2.24) is 26.6 Å². The second-order valence-corrected chi connectivity index (χ2v) is 6.57. The van der Waals surface area contributed by atoms with E-state index in [0.717, 1.165) is 5.56 Å². The van der Waals surface area contributed by atoms with Crippen LogP contribution in [0.2, 0.25) is 0 Å². The third-order valence-electron chi connectivity index (χ3n) is 3.61. The van der Waals surface area contributed by atoms with Crippen LogP contribution in [0.5, 0.6) is 0 Å². The molecule has 1 atom stereocenters. The fourth-order valence-electron chi connectivity index (χ4n) is 1.54. The number of ether oxygens (including phenoxy) is 7. The summed E-state index contributed by atoms with van der Waals surface area (Å²) >= 11 is 0. The number of carbonyl (C=O) groups excluding carboxylic acids is 5. The Morgan fingerprint density at radius 1 is 0.667 bits per heavy atom. The van der Waals surface area contributed by atoms with E-state index < -0.39 is 30.7 Å². The molecule has 0 aromatic heterocycles. The topological polar surface area (TPSA) is 210 Å². The standard InChI is InChI=1S/C9H11NO2.C5H11NO3.C4H9NO3.C4H9NO2.C3H7NO2/c1-10-9(11)12-7-8-5-3-2-4-6-8;1-4(8-3)9-5(7)6-2;1-5-4(6)8-3-7-2;1-3-7-4(6)5-2;1-4-3(5)6-2/h2-6H,7H2,1H3,(H,10,11);4H,1-3H3,(H,6,7);3H2,1-2H3,(H,5,6);3H2,1-2H3,(H,5,6);1-2H3,(H,4,5). The molecule has 5 N–H and O–H groups in total. The predicted octanol–water partition coefficient (Wildman–Crippen LogP) is 2.16. The SMILES string of the molecule is CCOC(=O)NC.CNC(=O)OC.CNC(=O)OC(C)OC.CNC(=O)OCOC.CNC(=O)OCc1ccccc1. The van der Waals surface area contributed by atoms with Crippen molar-refractivity contribution in [1.29, 1.82) is 0 Å². The van der Waals surface area contributed by atoms with Crippen molar-refractivity contribution in [3.05, 3.63) is 35.9 Å². The third kappa shape index (κ3) is 37.6. The number of methoxy groups -OCH3 is 3. The summed E-state index contributed by atoms with van der Waals surface area (Å²) in [5.41, 5.74) is 0.987. The highest BCUT2D eigenvalue weighted by Crippen LogP contribution is 1.99. The molecule has 0 aliphatic heterocycles. The average molecular weight is 610 g/mol. The lowest BCUT2D eigenvalue weighted by Crippen LogP contribution is -2.24. The molecule has 0 aliphatic rings. The molecule has 17 nitrogen and oxygen atoms in total. The molecule has 0 radical (unpaired) electrons. The Morgan fingerprint density at radius 2 is 1.12 bits per heavy atom. The van der Waals surface area contributed by atoms with E-state index in [1.54, 1.807) is 13.8 Å². The van der Waals surface area contributed by atoms with Gasteiger partial charge in [-0.1, -0.05) is 30.3 Å². The summed E-state index contributed by atoms with van der Waals surface area (Å²) in [5.74, 6) is 0. The van der Waals surface area contributed by atoms with E-state index in [2.05, 4.69) is 55.0 Å². The van der Waals surface area contributed by atoms with E-state index in [-0.39, 0.29) is 12.9 Å². The number of amides is 5. The van der Waals surface area contributed by atoms with Gasteiger partial charge in [-0.15, -0.1) is 0 Å². The minimum Gasteiger partial charge on any atom is -0.453 e. The van der Waals surface area contributed by atoms with E-state index in [9.17, 15) is 24.0 Å². The molecule has 17 heteroatoms. The van der Waals surface area contributed by atoms with Gasteiger partial charge < -0.3 is 59.7 Å². The van der Waals surface area contributed by atoms with E-state index in [4.69, 9.17) is 4.74 Å². The molecule has 0 aliphatic carbocycles. The molecule has 1 aromatic rings. The van der Waals surface area contributed by atoms with Crippen LogP contribution in [0, 0.1) is 0 Å². The maximum absolute atomic E-state index is 10.7. The van der Waals surface area contributed by atoms with Crippen LogP contribution in [0.1, 0.15) is 19.4 Å². The Hall–Kier alpha value is -4.51. The smallest absolute Gasteiger partial charge is 0.409 e. The molecule has 0 spiro atoms. The molecule has 1 rings (SSSR count). The molecule has 0 bridgehead atoms. The van der Waals surface area contributed by atoms with Gasteiger partial charge in [0.25, 0.3) is 0 Å². The maximum Gasteiger partial charge on any atom is 0.409 e.